The highest BCUT2D eigenvalue weighted by Crippen LogP contribution is 2.16. The third kappa shape index (κ3) is 43.2. The number of esters is 1. The fraction of sp³-hybridized carbons (Fsp3) is 0.643. The minimum absolute atomic E-state index is 0.0232. The largest absolute Gasteiger partial charge is 0.461 e. The second-order valence-electron chi connectivity index (χ2n) is 16.6. The lowest BCUT2D eigenvalue weighted by Crippen LogP contribution is -2.46. The number of nitrogens with one attached hydrogen (secondary N) is 1. The summed E-state index contributed by atoms with van der Waals surface area (Å²) in [5, 5.41) is 23.7. The van der Waals surface area contributed by atoms with E-state index in [-0.39, 0.29) is 24.9 Å². The average molecular weight is 860 g/mol. The van der Waals surface area contributed by atoms with Gasteiger partial charge in [0.2, 0.25) is 5.91 Å². The molecule has 6 nitrogen and oxygen atoms in total. The van der Waals surface area contributed by atoms with Gasteiger partial charge in [0.05, 0.1) is 25.2 Å². The molecule has 3 atom stereocenters. The first-order chi connectivity index (χ1) is 30.5. The van der Waals surface area contributed by atoms with Gasteiger partial charge < -0.3 is 20.3 Å². The van der Waals surface area contributed by atoms with Crippen LogP contribution in [0.25, 0.3) is 0 Å². The minimum atomic E-state index is -0.825. The van der Waals surface area contributed by atoms with E-state index in [1.165, 1.54) is 77.0 Å². The Balaban J connectivity index is 4.78. The summed E-state index contributed by atoms with van der Waals surface area (Å²) in [6.45, 7) is 6.18. The maximum atomic E-state index is 13.2. The maximum absolute atomic E-state index is 13.2. The lowest BCUT2D eigenvalue weighted by molar-refractivity contribution is -0.150. The van der Waals surface area contributed by atoms with Crippen LogP contribution in [0.15, 0.2) is 109 Å². The van der Waals surface area contributed by atoms with Crippen molar-refractivity contribution in [2.45, 2.75) is 225 Å². The van der Waals surface area contributed by atoms with Gasteiger partial charge in [-0.25, -0.2) is 0 Å². The maximum Gasteiger partial charge on any atom is 0.306 e. The third-order valence-electron chi connectivity index (χ3n) is 10.7. The van der Waals surface area contributed by atoms with Crippen LogP contribution in [0.5, 0.6) is 0 Å². The van der Waals surface area contributed by atoms with E-state index in [2.05, 4.69) is 86.8 Å². The average Bonchev–Trinajstić information content (AvgIpc) is 3.26. The van der Waals surface area contributed by atoms with Crippen molar-refractivity contribution in [3.05, 3.63) is 109 Å². The molecule has 3 unspecified atom stereocenters. The first-order valence-electron chi connectivity index (χ1n) is 25.2. The molecule has 0 aromatic carbocycles. The Kier molecular flexibility index (Phi) is 45.8. The number of hydrogen-bond donors (Lipinski definition) is 3. The SMILES string of the molecule is CC/C=C\C/C=C\C/C=C\C/C=C\C/C=C\CC(CC(=O)NC(CO)C(O)CCCCCCCCCCCCCCCCC)OC(=O)CCCCC\C=C/C=C\C=C\C=C\CC. The molecule has 0 aliphatic carbocycles. The van der Waals surface area contributed by atoms with Crippen molar-refractivity contribution in [2.75, 3.05) is 6.61 Å². The number of unbranched alkanes of at least 4 members (excludes halogenated alkanes) is 17. The first-order valence-corrected chi connectivity index (χ1v) is 25.2. The third-order valence-corrected chi connectivity index (χ3v) is 10.7. The minimum Gasteiger partial charge on any atom is -0.461 e. The standard InChI is InChI=1S/C56H93NO5/c1-4-7-10-13-16-19-22-25-27-30-32-35-38-41-44-47-52(62-56(61)49-46-43-40-37-34-29-24-21-18-15-12-9-6-3)50-55(60)57-53(51-58)54(59)48-45-42-39-36-33-31-28-26-23-20-17-14-11-8-5-2/h7,9-10,12,15-16,18-19,21,24-25,27,29,32,34-35,41,44,52-54,58-59H,4-6,8,11,13-14,17,20,22-23,26,28,30-31,33,36-40,42-43,45-51H2,1-3H3,(H,57,60)/b10-7-,12-9+,18-15+,19-16-,24-21-,27-25-,34-29-,35-32-,44-41-. The molecule has 1 amide bonds. The number of amides is 1. The molecule has 0 fully saturated rings. The van der Waals surface area contributed by atoms with E-state index in [0.717, 1.165) is 83.5 Å². The molecule has 0 bridgehead atoms. The predicted octanol–water partition coefficient (Wildman–Crippen LogP) is 15.1. The lowest BCUT2D eigenvalue weighted by atomic mass is 10.0. The summed E-state index contributed by atoms with van der Waals surface area (Å²) in [5.74, 6) is -0.636. The Bertz CT molecular complexity index is 1280. The first kappa shape index (κ1) is 58.5. The quantitative estimate of drug-likeness (QED) is 0.0246. The van der Waals surface area contributed by atoms with E-state index in [1.54, 1.807) is 0 Å². The van der Waals surface area contributed by atoms with Gasteiger partial charge in [0, 0.05) is 12.8 Å². The zero-order valence-corrected chi connectivity index (χ0v) is 40.0. The van der Waals surface area contributed by atoms with Crippen molar-refractivity contribution < 1.29 is 24.5 Å². The summed E-state index contributed by atoms with van der Waals surface area (Å²) in [7, 11) is 0. The number of ether oxygens (including phenoxy) is 1. The Hall–Kier alpha value is -3.48. The zero-order valence-electron chi connectivity index (χ0n) is 40.0. The molecule has 0 spiro atoms. The van der Waals surface area contributed by atoms with Gasteiger partial charge in [0.25, 0.3) is 0 Å². The van der Waals surface area contributed by atoms with Crippen LogP contribution < -0.4 is 5.32 Å². The predicted molar refractivity (Wildman–Crippen MR) is 268 cm³/mol. The monoisotopic (exact) mass is 860 g/mol. The normalized spacial score (nSPS) is 14.2. The van der Waals surface area contributed by atoms with Crippen molar-refractivity contribution >= 4 is 11.9 Å². The van der Waals surface area contributed by atoms with Gasteiger partial charge in [-0.1, -0.05) is 233 Å². The number of hydrogen-bond acceptors (Lipinski definition) is 5. The summed E-state index contributed by atoms with van der Waals surface area (Å²) < 4.78 is 5.84. The molecule has 6 heteroatoms. The lowest BCUT2D eigenvalue weighted by Gasteiger charge is -2.24. The molecule has 0 heterocycles. The molecular weight excluding hydrogens is 767 g/mol. The van der Waals surface area contributed by atoms with Crippen molar-refractivity contribution in [3.63, 3.8) is 0 Å². The molecule has 0 saturated heterocycles. The molecule has 3 N–H and O–H groups in total. The Morgan fingerprint density at radius 1 is 0.516 bits per heavy atom. The summed E-state index contributed by atoms with van der Waals surface area (Å²) in [4.78, 5) is 26.1. The second-order valence-corrected chi connectivity index (χ2v) is 16.6. The highest BCUT2D eigenvalue weighted by Gasteiger charge is 2.23. The molecule has 0 saturated carbocycles. The van der Waals surface area contributed by atoms with Gasteiger partial charge in [-0.15, -0.1) is 0 Å². The Labute approximate surface area is 381 Å². The van der Waals surface area contributed by atoms with Crippen LogP contribution >= 0.6 is 0 Å². The Morgan fingerprint density at radius 2 is 0.968 bits per heavy atom. The summed E-state index contributed by atoms with van der Waals surface area (Å²) in [5.41, 5.74) is 0. The van der Waals surface area contributed by atoms with Crippen LogP contribution in [0.3, 0.4) is 0 Å². The van der Waals surface area contributed by atoms with E-state index in [9.17, 15) is 19.8 Å². The molecule has 352 valence electrons. The van der Waals surface area contributed by atoms with Crippen LogP contribution in [-0.4, -0.2) is 46.9 Å². The van der Waals surface area contributed by atoms with Crippen molar-refractivity contribution in [2.24, 2.45) is 0 Å². The summed E-state index contributed by atoms with van der Waals surface area (Å²) in [6.07, 6.45) is 65.9. The fourth-order valence-electron chi connectivity index (χ4n) is 6.93. The molecule has 62 heavy (non-hydrogen) atoms. The van der Waals surface area contributed by atoms with Gasteiger partial charge in [0.15, 0.2) is 0 Å². The number of carbonyl (C=O) groups is 2. The van der Waals surface area contributed by atoms with Gasteiger partial charge in [-0.05, 0) is 64.2 Å². The van der Waals surface area contributed by atoms with Gasteiger partial charge in [-0.3, -0.25) is 9.59 Å². The van der Waals surface area contributed by atoms with Gasteiger partial charge in [0.1, 0.15) is 6.10 Å². The molecule has 0 aromatic heterocycles. The van der Waals surface area contributed by atoms with Crippen LogP contribution in [0, 0.1) is 0 Å². The second kappa shape index (κ2) is 48.6. The van der Waals surface area contributed by atoms with E-state index >= 15 is 0 Å². The molecule has 0 aromatic rings. The van der Waals surface area contributed by atoms with Crippen molar-refractivity contribution in [1.29, 1.82) is 0 Å². The van der Waals surface area contributed by atoms with Crippen LogP contribution in [0.2, 0.25) is 0 Å². The molecule has 0 aliphatic heterocycles. The van der Waals surface area contributed by atoms with Crippen LogP contribution in [0.1, 0.15) is 207 Å². The van der Waals surface area contributed by atoms with E-state index in [0.29, 0.717) is 19.3 Å². The smallest absolute Gasteiger partial charge is 0.306 e. The summed E-state index contributed by atoms with van der Waals surface area (Å²) in [6, 6.07) is -0.747. The fourth-order valence-corrected chi connectivity index (χ4v) is 6.93. The highest BCUT2D eigenvalue weighted by atomic mass is 16.5. The van der Waals surface area contributed by atoms with Crippen LogP contribution in [-0.2, 0) is 14.3 Å². The van der Waals surface area contributed by atoms with Crippen molar-refractivity contribution in [3.8, 4) is 0 Å². The number of aliphatic hydroxyl groups is 2. The number of carbonyl (C=O) groups excluding carboxylic acids is 2. The number of allylic oxidation sites excluding steroid dienone is 17. The molecule has 0 radical (unpaired) electrons. The summed E-state index contributed by atoms with van der Waals surface area (Å²) >= 11 is 0. The molecular formula is C56H93NO5. The van der Waals surface area contributed by atoms with Gasteiger partial charge in [-0.2, -0.15) is 0 Å². The topological polar surface area (TPSA) is 95.9 Å². The molecule has 0 aliphatic rings. The highest BCUT2D eigenvalue weighted by molar-refractivity contribution is 5.77. The zero-order chi connectivity index (χ0) is 45.2. The number of aliphatic hydroxyl groups excluding tert-OH is 2. The van der Waals surface area contributed by atoms with Crippen molar-refractivity contribution in [1.82, 2.24) is 5.32 Å². The number of rotatable bonds is 43. The molecule has 0 rings (SSSR count). The van der Waals surface area contributed by atoms with E-state index < -0.39 is 18.2 Å². The van der Waals surface area contributed by atoms with Gasteiger partial charge >= 0.3 is 5.97 Å². The van der Waals surface area contributed by atoms with E-state index in [4.69, 9.17) is 4.74 Å². The Morgan fingerprint density at radius 3 is 1.48 bits per heavy atom. The van der Waals surface area contributed by atoms with E-state index in [1.807, 2.05) is 48.6 Å². The van der Waals surface area contributed by atoms with Crippen LogP contribution in [0.4, 0.5) is 0 Å².